The lowest BCUT2D eigenvalue weighted by molar-refractivity contribution is 0.731. The minimum atomic E-state index is 0.452. The zero-order valence-corrected chi connectivity index (χ0v) is 8.85. The van der Waals surface area contributed by atoms with Crippen molar-refractivity contribution in [3.05, 3.63) is 42.1 Å². The SMILES string of the molecule is Clc1cc(NCCn2cccc2)ncn1. The maximum absolute atomic E-state index is 5.73. The molecule has 0 fully saturated rings. The van der Waals surface area contributed by atoms with Gasteiger partial charge in [0.25, 0.3) is 0 Å². The Hall–Kier alpha value is -1.55. The van der Waals surface area contributed by atoms with Crippen molar-refractivity contribution in [2.24, 2.45) is 0 Å². The molecule has 78 valence electrons. The van der Waals surface area contributed by atoms with E-state index in [2.05, 4.69) is 19.9 Å². The van der Waals surface area contributed by atoms with E-state index in [9.17, 15) is 0 Å². The Morgan fingerprint density at radius 3 is 2.80 bits per heavy atom. The number of hydrogen-bond donors (Lipinski definition) is 1. The first-order chi connectivity index (χ1) is 7.34. The summed E-state index contributed by atoms with van der Waals surface area (Å²) in [6, 6.07) is 5.71. The second-order valence-electron chi connectivity index (χ2n) is 3.07. The Morgan fingerprint density at radius 2 is 2.07 bits per heavy atom. The average molecular weight is 223 g/mol. The molecule has 15 heavy (non-hydrogen) atoms. The summed E-state index contributed by atoms with van der Waals surface area (Å²) in [7, 11) is 0. The van der Waals surface area contributed by atoms with Crippen molar-refractivity contribution in [3.8, 4) is 0 Å². The van der Waals surface area contributed by atoms with Crippen LogP contribution in [-0.2, 0) is 6.54 Å². The number of hydrogen-bond acceptors (Lipinski definition) is 3. The van der Waals surface area contributed by atoms with Crippen LogP contribution < -0.4 is 5.32 Å². The third-order valence-electron chi connectivity index (χ3n) is 1.98. The first kappa shape index (κ1) is 9.98. The predicted octanol–water partition coefficient (Wildman–Crippen LogP) is 2.04. The number of rotatable bonds is 4. The molecule has 2 aromatic heterocycles. The zero-order chi connectivity index (χ0) is 10.5. The van der Waals surface area contributed by atoms with E-state index >= 15 is 0 Å². The molecule has 0 amide bonds. The summed E-state index contributed by atoms with van der Waals surface area (Å²) < 4.78 is 2.09. The predicted molar refractivity (Wildman–Crippen MR) is 60.0 cm³/mol. The molecule has 2 rings (SSSR count). The van der Waals surface area contributed by atoms with Crippen LogP contribution >= 0.6 is 11.6 Å². The highest BCUT2D eigenvalue weighted by Crippen LogP contribution is 2.07. The van der Waals surface area contributed by atoms with Crippen LogP contribution in [0.1, 0.15) is 0 Å². The van der Waals surface area contributed by atoms with Gasteiger partial charge < -0.3 is 9.88 Å². The summed E-state index contributed by atoms with van der Waals surface area (Å²) in [5, 5.41) is 3.62. The molecule has 2 heterocycles. The highest BCUT2D eigenvalue weighted by molar-refractivity contribution is 6.29. The first-order valence-corrected chi connectivity index (χ1v) is 5.04. The van der Waals surface area contributed by atoms with E-state index in [4.69, 9.17) is 11.6 Å². The van der Waals surface area contributed by atoms with Gasteiger partial charge in [-0.15, -0.1) is 0 Å². The molecule has 1 N–H and O–H groups in total. The van der Waals surface area contributed by atoms with Crippen LogP contribution in [0.25, 0.3) is 0 Å². The van der Waals surface area contributed by atoms with Crippen LogP contribution in [0, 0.1) is 0 Å². The van der Waals surface area contributed by atoms with Crippen molar-refractivity contribution in [1.29, 1.82) is 0 Å². The zero-order valence-electron chi connectivity index (χ0n) is 8.10. The van der Waals surface area contributed by atoms with Gasteiger partial charge in [0, 0.05) is 31.5 Å². The quantitative estimate of drug-likeness (QED) is 0.806. The van der Waals surface area contributed by atoms with Crippen LogP contribution in [0.4, 0.5) is 5.82 Å². The van der Waals surface area contributed by atoms with Gasteiger partial charge in [-0.2, -0.15) is 0 Å². The van der Waals surface area contributed by atoms with Crippen molar-refractivity contribution in [2.45, 2.75) is 6.54 Å². The fourth-order valence-corrected chi connectivity index (χ4v) is 1.41. The molecular weight excluding hydrogens is 212 g/mol. The maximum Gasteiger partial charge on any atom is 0.134 e. The van der Waals surface area contributed by atoms with Gasteiger partial charge in [0.15, 0.2) is 0 Å². The number of aromatic nitrogens is 3. The topological polar surface area (TPSA) is 42.7 Å². The van der Waals surface area contributed by atoms with E-state index in [0.717, 1.165) is 18.9 Å². The molecule has 0 aliphatic carbocycles. The Kier molecular flexibility index (Phi) is 3.19. The highest BCUT2D eigenvalue weighted by Gasteiger charge is 1.95. The number of anilines is 1. The fraction of sp³-hybridized carbons (Fsp3) is 0.200. The molecule has 0 radical (unpaired) electrons. The van der Waals surface area contributed by atoms with E-state index in [-0.39, 0.29) is 0 Å². The molecule has 0 aromatic carbocycles. The van der Waals surface area contributed by atoms with Crippen LogP contribution in [0.15, 0.2) is 36.9 Å². The first-order valence-electron chi connectivity index (χ1n) is 4.67. The van der Waals surface area contributed by atoms with Crippen molar-refractivity contribution in [3.63, 3.8) is 0 Å². The van der Waals surface area contributed by atoms with Gasteiger partial charge in [0.1, 0.15) is 17.3 Å². The lowest BCUT2D eigenvalue weighted by Gasteiger charge is -2.05. The van der Waals surface area contributed by atoms with Crippen LogP contribution in [0.5, 0.6) is 0 Å². The van der Waals surface area contributed by atoms with Crippen molar-refractivity contribution < 1.29 is 0 Å². The molecule has 0 saturated heterocycles. The standard InChI is InChI=1S/C10H11ClN4/c11-9-7-10(14-8-13-9)12-3-6-15-4-1-2-5-15/h1-2,4-5,7-8H,3,6H2,(H,12,13,14). The van der Waals surface area contributed by atoms with Gasteiger partial charge >= 0.3 is 0 Å². The largest absolute Gasteiger partial charge is 0.368 e. The van der Waals surface area contributed by atoms with Crippen molar-refractivity contribution in [1.82, 2.24) is 14.5 Å². The van der Waals surface area contributed by atoms with Gasteiger partial charge in [0.05, 0.1) is 0 Å². The minimum absolute atomic E-state index is 0.452. The third-order valence-corrected chi connectivity index (χ3v) is 2.18. The van der Waals surface area contributed by atoms with Crippen molar-refractivity contribution >= 4 is 17.4 Å². The molecule has 5 heteroatoms. The van der Waals surface area contributed by atoms with Gasteiger partial charge in [-0.3, -0.25) is 0 Å². The fourth-order valence-electron chi connectivity index (χ4n) is 1.26. The van der Waals surface area contributed by atoms with Crippen LogP contribution in [-0.4, -0.2) is 21.1 Å². The number of halogens is 1. The van der Waals surface area contributed by atoms with E-state index in [1.54, 1.807) is 6.07 Å². The lowest BCUT2D eigenvalue weighted by Crippen LogP contribution is -2.10. The highest BCUT2D eigenvalue weighted by atomic mass is 35.5. The molecule has 0 saturated carbocycles. The average Bonchev–Trinajstić information content (AvgIpc) is 2.71. The maximum atomic E-state index is 5.73. The van der Waals surface area contributed by atoms with Crippen LogP contribution in [0.2, 0.25) is 5.15 Å². The Morgan fingerprint density at radius 1 is 1.27 bits per heavy atom. The Bertz CT molecular complexity index is 413. The number of nitrogens with one attached hydrogen (secondary N) is 1. The van der Waals surface area contributed by atoms with Crippen LogP contribution in [0.3, 0.4) is 0 Å². The summed E-state index contributed by atoms with van der Waals surface area (Å²) in [4.78, 5) is 7.85. The van der Waals surface area contributed by atoms with E-state index in [0.29, 0.717) is 5.15 Å². The minimum Gasteiger partial charge on any atom is -0.368 e. The second-order valence-corrected chi connectivity index (χ2v) is 3.46. The molecule has 0 unspecified atom stereocenters. The summed E-state index contributed by atoms with van der Waals surface area (Å²) in [5.41, 5.74) is 0. The monoisotopic (exact) mass is 222 g/mol. The Balaban J connectivity index is 1.83. The van der Waals surface area contributed by atoms with Gasteiger partial charge in [-0.1, -0.05) is 11.6 Å². The molecule has 0 aliphatic heterocycles. The van der Waals surface area contributed by atoms with E-state index < -0.39 is 0 Å². The second kappa shape index (κ2) is 4.79. The molecule has 4 nitrogen and oxygen atoms in total. The normalized spacial score (nSPS) is 10.2. The molecule has 0 aliphatic rings. The van der Waals surface area contributed by atoms with E-state index in [1.165, 1.54) is 6.33 Å². The molecule has 2 aromatic rings. The van der Waals surface area contributed by atoms with Gasteiger partial charge in [-0.05, 0) is 12.1 Å². The van der Waals surface area contributed by atoms with Gasteiger partial charge in [-0.25, -0.2) is 9.97 Å². The van der Waals surface area contributed by atoms with E-state index in [1.807, 2.05) is 24.5 Å². The summed E-state index contributed by atoms with van der Waals surface area (Å²) in [6.07, 6.45) is 5.49. The van der Waals surface area contributed by atoms with Crippen molar-refractivity contribution in [2.75, 3.05) is 11.9 Å². The molecule has 0 spiro atoms. The third kappa shape index (κ3) is 2.95. The lowest BCUT2D eigenvalue weighted by atomic mass is 10.5. The van der Waals surface area contributed by atoms with Gasteiger partial charge in [0.2, 0.25) is 0 Å². The summed E-state index contributed by atoms with van der Waals surface area (Å²) >= 11 is 5.73. The molecular formula is C10H11ClN4. The summed E-state index contributed by atoms with van der Waals surface area (Å²) in [5.74, 6) is 0.752. The smallest absolute Gasteiger partial charge is 0.134 e. The Labute approximate surface area is 92.9 Å². The summed E-state index contributed by atoms with van der Waals surface area (Å²) in [6.45, 7) is 1.71. The number of nitrogens with zero attached hydrogens (tertiary/aromatic N) is 3. The molecule has 0 atom stereocenters. The molecule has 0 bridgehead atoms.